The summed E-state index contributed by atoms with van der Waals surface area (Å²) in [6.07, 6.45) is 6.10. The molecule has 37 heavy (non-hydrogen) atoms. The van der Waals surface area contributed by atoms with Gasteiger partial charge in [0.25, 0.3) is 0 Å². The van der Waals surface area contributed by atoms with Crippen molar-refractivity contribution in [1.29, 1.82) is 0 Å². The average molecular weight is 514 g/mol. The first-order valence-corrected chi connectivity index (χ1v) is 13.4. The molecule has 1 fully saturated rings. The molecule has 0 spiro atoms. The van der Waals surface area contributed by atoms with Crippen molar-refractivity contribution < 1.29 is 28.2 Å². The van der Waals surface area contributed by atoms with Gasteiger partial charge in [0, 0.05) is 32.3 Å². The average Bonchev–Trinajstić information content (AvgIpc) is 3.54. The SMILES string of the molecule is CCOCCCN(CC(=O)N(Cc1ccc2c(c1)OCO2)Cc1ccc(C)o1)C(=O)NC1CCCCC1. The second kappa shape index (κ2) is 13.4. The third kappa shape index (κ3) is 7.89. The minimum absolute atomic E-state index is 0.0189. The van der Waals surface area contributed by atoms with Crippen LogP contribution < -0.4 is 14.8 Å². The number of carbonyl (C=O) groups excluding carboxylic acids is 2. The second-order valence-electron chi connectivity index (χ2n) is 9.71. The summed E-state index contributed by atoms with van der Waals surface area (Å²) in [4.78, 5) is 30.2. The lowest BCUT2D eigenvalue weighted by molar-refractivity contribution is -0.133. The lowest BCUT2D eigenvalue weighted by Crippen LogP contribution is -2.49. The highest BCUT2D eigenvalue weighted by atomic mass is 16.7. The Morgan fingerprint density at radius 1 is 1.03 bits per heavy atom. The van der Waals surface area contributed by atoms with E-state index in [0.717, 1.165) is 37.0 Å². The van der Waals surface area contributed by atoms with Crippen LogP contribution in [0.5, 0.6) is 11.5 Å². The fourth-order valence-electron chi connectivity index (χ4n) is 4.78. The van der Waals surface area contributed by atoms with Gasteiger partial charge in [0.05, 0.1) is 6.54 Å². The van der Waals surface area contributed by atoms with Crippen LogP contribution in [0.4, 0.5) is 4.79 Å². The third-order valence-corrected chi connectivity index (χ3v) is 6.77. The van der Waals surface area contributed by atoms with Crippen LogP contribution in [0.15, 0.2) is 34.7 Å². The number of nitrogens with one attached hydrogen (secondary N) is 1. The highest BCUT2D eigenvalue weighted by Crippen LogP contribution is 2.33. The van der Waals surface area contributed by atoms with Gasteiger partial charge in [0.15, 0.2) is 11.5 Å². The smallest absolute Gasteiger partial charge is 0.318 e. The number of aryl methyl sites for hydroxylation is 1. The highest BCUT2D eigenvalue weighted by molar-refractivity contribution is 5.84. The molecule has 0 saturated heterocycles. The molecule has 1 aromatic heterocycles. The first-order valence-electron chi connectivity index (χ1n) is 13.4. The number of furan rings is 1. The van der Waals surface area contributed by atoms with Gasteiger partial charge in [-0.3, -0.25) is 4.79 Å². The van der Waals surface area contributed by atoms with Crippen molar-refractivity contribution >= 4 is 11.9 Å². The van der Waals surface area contributed by atoms with Crippen molar-refractivity contribution in [1.82, 2.24) is 15.1 Å². The molecule has 202 valence electrons. The molecule has 2 aromatic rings. The van der Waals surface area contributed by atoms with Gasteiger partial charge in [-0.15, -0.1) is 0 Å². The van der Waals surface area contributed by atoms with Gasteiger partial charge in [-0.2, -0.15) is 0 Å². The zero-order chi connectivity index (χ0) is 26.0. The molecule has 0 bridgehead atoms. The standard InChI is InChI=1S/C28H39N3O6/c1-3-34-15-7-14-30(28(33)29-23-8-5-4-6-9-23)19-27(32)31(18-24-12-10-21(2)37-24)17-22-11-13-25-26(16-22)36-20-35-25/h10-13,16,23H,3-9,14-15,17-20H2,1-2H3,(H,29,33). The maximum Gasteiger partial charge on any atom is 0.318 e. The Labute approximate surface area is 219 Å². The monoisotopic (exact) mass is 513 g/mol. The first kappa shape index (κ1) is 26.9. The van der Waals surface area contributed by atoms with Crippen molar-refractivity contribution in [2.24, 2.45) is 0 Å². The largest absolute Gasteiger partial charge is 0.464 e. The third-order valence-electron chi connectivity index (χ3n) is 6.77. The zero-order valence-electron chi connectivity index (χ0n) is 22.0. The van der Waals surface area contributed by atoms with Crippen molar-refractivity contribution in [3.05, 3.63) is 47.4 Å². The summed E-state index contributed by atoms with van der Waals surface area (Å²) in [7, 11) is 0. The highest BCUT2D eigenvalue weighted by Gasteiger charge is 2.25. The van der Waals surface area contributed by atoms with E-state index in [4.69, 9.17) is 18.6 Å². The minimum Gasteiger partial charge on any atom is -0.464 e. The molecule has 2 aliphatic rings. The molecule has 1 saturated carbocycles. The number of ether oxygens (including phenoxy) is 3. The number of hydrogen-bond donors (Lipinski definition) is 1. The molecule has 1 aliphatic carbocycles. The van der Waals surface area contributed by atoms with E-state index in [-0.39, 0.29) is 31.3 Å². The number of hydrogen-bond acceptors (Lipinski definition) is 6. The van der Waals surface area contributed by atoms with E-state index in [9.17, 15) is 9.59 Å². The molecule has 1 aromatic carbocycles. The number of amides is 3. The molecule has 1 N–H and O–H groups in total. The predicted octanol–water partition coefficient (Wildman–Crippen LogP) is 4.62. The van der Waals surface area contributed by atoms with Crippen molar-refractivity contribution in [2.45, 2.75) is 71.5 Å². The van der Waals surface area contributed by atoms with E-state index in [1.807, 2.05) is 44.2 Å². The number of fused-ring (bicyclic) bond motifs is 1. The zero-order valence-corrected chi connectivity index (χ0v) is 22.0. The van der Waals surface area contributed by atoms with Crippen LogP contribution in [-0.4, -0.2) is 60.9 Å². The summed E-state index contributed by atoms with van der Waals surface area (Å²) >= 11 is 0. The molecule has 1 aliphatic heterocycles. The van der Waals surface area contributed by atoms with E-state index < -0.39 is 0 Å². The Balaban J connectivity index is 1.46. The van der Waals surface area contributed by atoms with Crippen LogP contribution >= 0.6 is 0 Å². The Morgan fingerprint density at radius 3 is 2.59 bits per heavy atom. The fraction of sp³-hybridized carbons (Fsp3) is 0.571. The van der Waals surface area contributed by atoms with E-state index in [0.29, 0.717) is 56.5 Å². The Morgan fingerprint density at radius 2 is 1.84 bits per heavy atom. The van der Waals surface area contributed by atoms with Gasteiger partial charge in [-0.1, -0.05) is 25.3 Å². The molecular formula is C28H39N3O6. The van der Waals surface area contributed by atoms with Crippen LogP contribution in [0.2, 0.25) is 0 Å². The number of nitrogens with zero attached hydrogens (tertiary/aromatic N) is 2. The lowest BCUT2D eigenvalue weighted by atomic mass is 9.96. The van der Waals surface area contributed by atoms with E-state index >= 15 is 0 Å². The maximum atomic E-state index is 13.7. The number of benzene rings is 1. The van der Waals surface area contributed by atoms with Crippen LogP contribution in [0.3, 0.4) is 0 Å². The van der Waals surface area contributed by atoms with Gasteiger partial charge < -0.3 is 33.7 Å². The minimum atomic E-state index is -0.186. The molecule has 0 radical (unpaired) electrons. The Kier molecular flexibility index (Phi) is 9.71. The summed E-state index contributed by atoms with van der Waals surface area (Å²) in [6, 6.07) is 9.42. The van der Waals surface area contributed by atoms with Crippen molar-refractivity contribution in [3.8, 4) is 11.5 Å². The van der Waals surface area contributed by atoms with E-state index in [2.05, 4.69) is 5.32 Å². The van der Waals surface area contributed by atoms with Gasteiger partial charge in [0.2, 0.25) is 12.7 Å². The van der Waals surface area contributed by atoms with Crippen LogP contribution in [-0.2, 0) is 22.6 Å². The van der Waals surface area contributed by atoms with Gasteiger partial charge in [0.1, 0.15) is 18.1 Å². The molecule has 4 rings (SSSR count). The maximum absolute atomic E-state index is 13.7. The topological polar surface area (TPSA) is 93.5 Å². The summed E-state index contributed by atoms with van der Waals surface area (Å²) in [5, 5.41) is 3.16. The summed E-state index contributed by atoms with van der Waals surface area (Å²) in [5.74, 6) is 2.70. The van der Waals surface area contributed by atoms with E-state index in [1.165, 1.54) is 6.42 Å². The van der Waals surface area contributed by atoms with E-state index in [1.54, 1.807) is 9.80 Å². The Bertz CT molecular complexity index is 1030. The van der Waals surface area contributed by atoms with Crippen molar-refractivity contribution in [2.75, 3.05) is 33.1 Å². The fourth-order valence-corrected chi connectivity index (χ4v) is 4.78. The molecule has 9 heteroatoms. The quantitative estimate of drug-likeness (QED) is 0.417. The first-order chi connectivity index (χ1) is 18.0. The molecular weight excluding hydrogens is 474 g/mol. The molecule has 3 amide bonds. The predicted molar refractivity (Wildman–Crippen MR) is 138 cm³/mol. The molecule has 9 nitrogen and oxygen atoms in total. The summed E-state index contributed by atoms with van der Waals surface area (Å²) in [5.41, 5.74) is 0.912. The van der Waals surface area contributed by atoms with Gasteiger partial charge >= 0.3 is 6.03 Å². The number of rotatable bonds is 12. The normalized spacial score (nSPS) is 15.0. The molecule has 0 atom stereocenters. The molecule has 2 heterocycles. The summed E-state index contributed by atoms with van der Waals surface area (Å²) < 4.78 is 22.2. The summed E-state index contributed by atoms with van der Waals surface area (Å²) in [6.45, 7) is 6.27. The molecule has 0 unspecified atom stereocenters. The van der Waals surface area contributed by atoms with Gasteiger partial charge in [-0.05, 0) is 62.9 Å². The van der Waals surface area contributed by atoms with Crippen molar-refractivity contribution in [3.63, 3.8) is 0 Å². The van der Waals surface area contributed by atoms with Crippen LogP contribution in [0, 0.1) is 6.92 Å². The number of carbonyl (C=O) groups is 2. The number of urea groups is 1. The second-order valence-corrected chi connectivity index (χ2v) is 9.71. The lowest BCUT2D eigenvalue weighted by Gasteiger charge is -2.30. The van der Waals surface area contributed by atoms with Crippen LogP contribution in [0.25, 0.3) is 0 Å². The van der Waals surface area contributed by atoms with Crippen LogP contribution in [0.1, 0.15) is 62.5 Å². The Hall–Kier alpha value is -3.20. The van der Waals surface area contributed by atoms with Gasteiger partial charge in [-0.25, -0.2) is 4.79 Å².